The van der Waals surface area contributed by atoms with E-state index in [0.717, 1.165) is 10.6 Å². The molecule has 1 aromatic rings. The zero-order valence-corrected chi connectivity index (χ0v) is 14.7. The van der Waals surface area contributed by atoms with E-state index in [9.17, 15) is 0 Å². The largest absolute Gasteiger partial charge is 0.307 e. The predicted octanol–water partition coefficient (Wildman–Crippen LogP) is 6.10. The zero-order chi connectivity index (χ0) is 15.3. The SMILES string of the molecule is CC(C)CC(CC(C)C)NC(C)c1ccc(Cl)cc1Cl. The molecular formula is C17H27Cl2N. The van der Waals surface area contributed by atoms with Crippen LogP contribution in [0.4, 0.5) is 0 Å². The van der Waals surface area contributed by atoms with Gasteiger partial charge in [-0.05, 0) is 49.3 Å². The van der Waals surface area contributed by atoms with Crippen molar-refractivity contribution in [2.75, 3.05) is 0 Å². The first-order valence-electron chi connectivity index (χ1n) is 7.50. The van der Waals surface area contributed by atoms with Crippen LogP contribution >= 0.6 is 23.2 Å². The third-order valence-corrected chi connectivity index (χ3v) is 3.99. The lowest BCUT2D eigenvalue weighted by molar-refractivity contribution is 0.335. The third kappa shape index (κ3) is 6.03. The van der Waals surface area contributed by atoms with Gasteiger partial charge in [-0.2, -0.15) is 0 Å². The second-order valence-corrected chi connectivity index (χ2v) is 7.35. The van der Waals surface area contributed by atoms with Crippen molar-refractivity contribution < 1.29 is 0 Å². The molecule has 0 fully saturated rings. The van der Waals surface area contributed by atoms with Gasteiger partial charge in [-0.3, -0.25) is 0 Å². The van der Waals surface area contributed by atoms with Crippen LogP contribution < -0.4 is 5.32 Å². The van der Waals surface area contributed by atoms with E-state index >= 15 is 0 Å². The van der Waals surface area contributed by atoms with Crippen LogP contribution in [0.2, 0.25) is 10.0 Å². The summed E-state index contributed by atoms with van der Waals surface area (Å²) in [5.41, 5.74) is 1.12. The van der Waals surface area contributed by atoms with Gasteiger partial charge >= 0.3 is 0 Å². The van der Waals surface area contributed by atoms with Crippen molar-refractivity contribution in [2.24, 2.45) is 11.8 Å². The van der Waals surface area contributed by atoms with E-state index in [0.29, 0.717) is 22.9 Å². The molecule has 0 bridgehead atoms. The standard InChI is InChI=1S/C17H27Cl2N/c1-11(2)8-15(9-12(3)4)20-13(5)16-7-6-14(18)10-17(16)19/h6-7,10-13,15,20H,8-9H2,1-5H3. The Morgan fingerprint density at radius 1 is 0.950 bits per heavy atom. The number of rotatable bonds is 7. The monoisotopic (exact) mass is 315 g/mol. The third-order valence-electron chi connectivity index (χ3n) is 3.43. The minimum Gasteiger partial charge on any atom is -0.307 e. The molecule has 0 aromatic heterocycles. The van der Waals surface area contributed by atoms with Crippen LogP contribution in [0.3, 0.4) is 0 Å². The highest BCUT2D eigenvalue weighted by molar-refractivity contribution is 6.35. The molecule has 0 saturated heterocycles. The molecule has 1 atom stereocenters. The van der Waals surface area contributed by atoms with Gasteiger partial charge in [-0.1, -0.05) is 57.0 Å². The molecule has 114 valence electrons. The summed E-state index contributed by atoms with van der Waals surface area (Å²) in [7, 11) is 0. The second kappa shape index (κ2) is 8.26. The first-order valence-corrected chi connectivity index (χ1v) is 8.26. The Hall–Kier alpha value is -0.240. The van der Waals surface area contributed by atoms with Crippen LogP contribution in [0.15, 0.2) is 18.2 Å². The summed E-state index contributed by atoms with van der Waals surface area (Å²) in [4.78, 5) is 0. The van der Waals surface area contributed by atoms with Crippen molar-refractivity contribution in [2.45, 2.75) is 59.5 Å². The number of hydrogen-bond donors (Lipinski definition) is 1. The molecule has 0 aliphatic rings. The molecule has 0 heterocycles. The molecule has 0 spiro atoms. The van der Waals surface area contributed by atoms with Crippen molar-refractivity contribution >= 4 is 23.2 Å². The predicted molar refractivity (Wildman–Crippen MR) is 90.7 cm³/mol. The van der Waals surface area contributed by atoms with Crippen LogP contribution in [0, 0.1) is 11.8 Å². The van der Waals surface area contributed by atoms with Crippen molar-refractivity contribution in [3.63, 3.8) is 0 Å². The molecule has 0 aliphatic carbocycles. The average molecular weight is 316 g/mol. The Labute approximate surface area is 134 Å². The highest BCUT2D eigenvalue weighted by atomic mass is 35.5. The van der Waals surface area contributed by atoms with Gasteiger partial charge < -0.3 is 5.32 Å². The summed E-state index contributed by atoms with van der Waals surface area (Å²) in [6.07, 6.45) is 2.38. The lowest BCUT2D eigenvalue weighted by atomic mass is 9.94. The summed E-state index contributed by atoms with van der Waals surface area (Å²) < 4.78 is 0. The topological polar surface area (TPSA) is 12.0 Å². The fourth-order valence-electron chi connectivity index (χ4n) is 2.67. The number of nitrogens with one attached hydrogen (secondary N) is 1. The fraction of sp³-hybridized carbons (Fsp3) is 0.647. The maximum absolute atomic E-state index is 6.29. The van der Waals surface area contributed by atoms with Gasteiger partial charge in [0.25, 0.3) is 0 Å². The van der Waals surface area contributed by atoms with E-state index in [4.69, 9.17) is 23.2 Å². The van der Waals surface area contributed by atoms with E-state index in [1.54, 1.807) is 0 Å². The first kappa shape index (κ1) is 17.8. The van der Waals surface area contributed by atoms with Gasteiger partial charge in [0.05, 0.1) is 0 Å². The Morgan fingerprint density at radius 2 is 1.50 bits per heavy atom. The molecule has 1 nitrogen and oxygen atoms in total. The first-order chi connectivity index (χ1) is 9.29. The fourth-order valence-corrected chi connectivity index (χ4v) is 3.24. The lowest BCUT2D eigenvalue weighted by Gasteiger charge is -2.27. The second-order valence-electron chi connectivity index (χ2n) is 6.51. The molecule has 1 unspecified atom stereocenters. The van der Waals surface area contributed by atoms with Crippen molar-refractivity contribution in [3.8, 4) is 0 Å². The molecular weight excluding hydrogens is 289 g/mol. The summed E-state index contributed by atoms with van der Waals surface area (Å²) in [6, 6.07) is 6.50. The molecule has 1 aromatic carbocycles. The zero-order valence-electron chi connectivity index (χ0n) is 13.2. The van der Waals surface area contributed by atoms with Crippen molar-refractivity contribution in [1.29, 1.82) is 0 Å². The van der Waals surface area contributed by atoms with Gasteiger partial charge in [0, 0.05) is 22.1 Å². The molecule has 0 radical (unpaired) electrons. The quantitative estimate of drug-likeness (QED) is 0.640. The molecule has 0 aliphatic heterocycles. The molecule has 1 rings (SSSR count). The molecule has 1 N–H and O–H groups in total. The summed E-state index contributed by atoms with van der Waals surface area (Å²) >= 11 is 12.3. The van der Waals surface area contributed by atoms with E-state index in [1.807, 2.05) is 18.2 Å². The molecule has 20 heavy (non-hydrogen) atoms. The maximum Gasteiger partial charge on any atom is 0.0468 e. The molecule has 0 amide bonds. The maximum atomic E-state index is 6.29. The smallest absolute Gasteiger partial charge is 0.0468 e. The lowest BCUT2D eigenvalue weighted by Crippen LogP contribution is -2.34. The molecule has 3 heteroatoms. The Bertz CT molecular complexity index is 405. The van der Waals surface area contributed by atoms with Gasteiger partial charge in [0.1, 0.15) is 0 Å². The van der Waals surface area contributed by atoms with Crippen molar-refractivity contribution in [3.05, 3.63) is 33.8 Å². The van der Waals surface area contributed by atoms with Crippen LogP contribution in [0.1, 0.15) is 59.1 Å². The van der Waals surface area contributed by atoms with Crippen molar-refractivity contribution in [1.82, 2.24) is 5.32 Å². The Balaban J connectivity index is 2.75. The summed E-state index contributed by atoms with van der Waals surface area (Å²) in [5.74, 6) is 1.39. The van der Waals surface area contributed by atoms with E-state index in [-0.39, 0.29) is 6.04 Å². The van der Waals surface area contributed by atoms with E-state index in [1.165, 1.54) is 12.8 Å². The van der Waals surface area contributed by atoms with Gasteiger partial charge in [-0.15, -0.1) is 0 Å². The Morgan fingerprint density at radius 3 is 1.95 bits per heavy atom. The molecule has 0 saturated carbocycles. The number of benzene rings is 1. The van der Waals surface area contributed by atoms with Crippen LogP contribution in [0.5, 0.6) is 0 Å². The Kier molecular flexibility index (Phi) is 7.36. The minimum absolute atomic E-state index is 0.238. The number of halogens is 2. The normalized spacial score (nSPS) is 13.5. The van der Waals surface area contributed by atoms with Gasteiger partial charge in [-0.25, -0.2) is 0 Å². The highest BCUT2D eigenvalue weighted by Gasteiger charge is 2.17. The van der Waals surface area contributed by atoms with E-state index in [2.05, 4.69) is 39.9 Å². The average Bonchev–Trinajstić information content (AvgIpc) is 2.26. The van der Waals surface area contributed by atoms with Gasteiger partial charge in [0.2, 0.25) is 0 Å². The van der Waals surface area contributed by atoms with Crippen LogP contribution in [0.25, 0.3) is 0 Å². The van der Waals surface area contributed by atoms with Crippen LogP contribution in [-0.4, -0.2) is 6.04 Å². The summed E-state index contributed by atoms with van der Waals surface area (Å²) in [6.45, 7) is 11.3. The minimum atomic E-state index is 0.238. The highest BCUT2D eigenvalue weighted by Crippen LogP contribution is 2.27. The van der Waals surface area contributed by atoms with E-state index < -0.39 is 0 Å². The van der Waals surface area contributed by atoms with Crippen LogP contribution in [-0.2, 0) is 0 Å². The summed E-state index contributed by atoms with van der Waals surface area (Å²) in [5, 5.41) is 5.16. The number of hydrogen-bond acceptors (Lipinski definition) is 1. The van der Waals surface area contributed by atoms with Gasteiger partial charge in [0.15, 0.2) is 0 Å².